The van der Waals surface area contributed by atoms with E-state index < -0.39 is 0 Å². The van der Waals surface area contributed by atoms with Gasteiger partial charge in [-0.3, -0.25) is 4.68 Å². The van der Waals surface area contributed by atoms with Crippen LogP contribution >= 0.6 is 0 Å². The van der Waals surface area contributed by atoms with Gasteiger partial charge in [-0.1, -0.05) is 25.1 Å². The number of ether oxygens (including phenoxy) is 1. The van der Waals surface area contributed by atoms with Crippen molar-refractivity contribution in [3.63, 3.8) is 0 Å². The molecule has 116 valence electrons. The molecule has 2 atom stereocenters. The van der Waals surface area contributed by atoms with Gasteiger partial charge in [0, 0.05) is 31.0 Å². The van der Waals surface area contributed by atoms with Crippen LogP contribution in [0.15, 0.2) is 24.3 Å². The van der Waals surface area contributed by atoms with Crippen LogP contribution in [0.5, 0.6) is 0 Å². The topological polar surface area (TPSA) is 39.1 Å². The normalized spacial score (nSPS) is 14.5. The molecule has 0 spiro atoms. The van der Waals surface area contributed by atoms with E-state index in [4.69, 9.17) is 9.84 Å². The molecule has 0 amide bonds. The Morgan fingerprint density at radius 3 is 2.62 bits per heavy atom. The highest BCUT2D eigenvalue weighted by atomic mass is 16.5. The lowest BCUT2D eigenvalue weighted by atomic mass is 10.0. The highest BCUT2D eigenvalue weighted by Gasteiger charge is 2.21. The van der Waals surface area contributed by atoms with Gasteiger partial charge in [-0.15, -0.1) is 0 Å². The zero-order valence-electron chi connectivity index (χ0n) is 13.6. The van der Waals surface area contributed by atoms with E-state index in [0.717, 1.165) is 31.7 Å². The maximum atomic E-state index is 5.86. The van der Waals surface area contributed by atoms with Crippen LogP contribution < -0.4 is 5.32 Å². The first-order valence-corrected chi connectivity index (χ1v) is 7.98. The zero-order valence-corrected chi connectivity index (χ0v) is 13.6. The molecule has 0 aliphatic carbocycles. The minimum Gasteiger partial charge on any atom is -0.377 e. The molecule has 4 nitrogen and oxygen atoms in total. The van der Waals surface area contributed by atoms with Crippen LogP contribution in [0.3, 0.4) is 0 Å². The Morgan fingerprint density at radius 1 is 1.24 bits per heavy atom. The van der Waals surface area contributed by atoms with Crippen LogP contribution in [0.1, 0.15) is 32.9 Å². The van der Waals surface area contributed by atoms with E-state index in [0.29, 0.717) is 6.04 Å². The summed E-state index contributed by atoms with van der Waals surface area (Å²) in [5.41, 5.74) is 2.37. The van der Waals surface area contributed by atoms with E-state index in [-0.39, 0.29) is 6.10 Å². The van der Waals surface area contributed by atoms with Crippen molar-refractivity contribution in [1.29, 1.82) is 0 Å². The minimum atomic E-state index is 0.227. The fourth-order valence-electron chi connectivity index (χ4n) is 2.95. The number of likely N-dealkylation sites (N-methyl/N-ethyl adjacent to an activating group) is 1. The Morgan fingerprint density at radius 2 is 2.00 bits per heavy atom. The summed E-state index contributed by atoms with van der Waals surface area (Å²) in [5.74, 6) is 0. The van der Waals surface area contributed by atoms with Crippen molar-refractivity contribution in [2.24, 2.45) is 0 Å². The molecular weight excluding hydrogens is 262 g/mol. The molecule has 2 unspecified atom stereocenters. The van der Waals surface area contributed by atoms with Crippen LogP contribution in [0.25, 0.3) is 10.9 Å². The van der Waals surface area contributed by atoms with Crippen molar-refractivity contribution < 1.29 is 4.74 Å². The standard InChI is InChI=1S/C17H27N3O/c1-5-17(21-7-3)15(18-4)12-14-13-10-8-9-11-16(13)20(6-2)19-14/h8-11,15,17-18H,5-7,12H2,1-4H3. The van der Waals surface area contributed by atoms with Crippen molar-refractivity contribution in [2.45, 2.75) is 52.3 Å². The van der Waals surface area contributed by atoms with Crippen molar-refractivity contribution >= 4 is 10.9 Å². The molecule has 0 saturated carbocycles. The Labute approximate surface area is 127 Å². The number of nitrogens with zero attached hydrogens (tertiary/aromatic N) is 2. The number of hydrogen-bond donors (Lipinski definition) is 1. The van der Waals surface area contributed by atoms with Gasteiger partial charge in [0.2, 0.25) is 0 Å². The van der Waals surface area contributed by atoms with E-state index in [1.165, 1.54) is 10.9 Å². The van der Waals surface area contributed by atoms with Gasteiger partial charge in [-0.2, -0.15) is 5.10 Å². The van der Waals surface area contributed by atoms with Gasteiger partial charge in [-0.25, -0.2) is 0 Å². The lowest BCUT2D eigenvalue weighted by Crippen LogP contribution is -2.41. The molecule has 4 heteroatoms. The third-order valence-corrected chi connectivity index (χ3v) is 4.05. The third kappa shape index (κ3) is 3.44. The third-order valence-electron chi connectivity index (χ3n) is 4.05. The van der Waals surface area contributed by atoms with Gasteiger partial charge in [0.05, 0.1) is 17.3 Å². The monoisotopic (exact) mass is 289 g/mol. The summed E-state index contributed by atoms with van der Waals surface area (Å²) in [6.45, 7) is 8.01. The fraction of sp³-hybridized carbons (Fsp3) is 0.588. The van der Waals surface area contributed by atoms with Gasteiger partial charge < -0.3 is 10.1 Å². The molecule has 21 heavy (non-hydrogen) atoms. The highest BCUT2D eigenvalue weighted by Crippen LogP contribution is 2.21. The smallest absolute Gasteiger partial charge is 0.0729 e. The summed E-state index contributed by atoms with van der Waals surface area (Å²) >= 11 is 0. The Balaban J connectivity index is 2.29. The number of rotatable bonds is 8. The van der Waals surface area contributed by atoms with E-state index in [9.17, 15) is 0 Å². The number of para-hydroxylation sites is 1. The van der Waals surface area contributed by atoms with Crippen LogP contribution in [0.2, 0.25) is 0 Å². The van der Waals surface area contributed by atoms with E-state index in [1.54, 1.807) is 0 Å². The first-order valence-electron chi connectivity index (χ1n) is 7.98. The Kier molecular flexibility index (Phi) is 5.76. The summed E-state index contributed by atoms with van der Waals surface area (Å²) in [4.78, 5) is 0. The molecule has 1 aromatic carbocycles. The van der Waals surface area contributed by atoms with Crippen molar-refractivity contribution in [2.75, 3.05) is 13.7 Å². The molecule has 1 aromatic heterocycles. The second kappa shape index (κ2) is 7.57. The van der Waals surface area contributed by atoms with Gasteiger partial charge in [0.1, 0.15) is 0 Å². The predicted molar refractivity (Wildman–Crippen MR) is 87.7 cm³/mol. The predicted octanol–water partition coefficient (Wildman–Crippen LogP) is 3.00. The average molecular weight is 289 g/mol. The van der Waals surface area contributed by atoms with Gasteiger partial charge in [0.25, 0.3) is 0 Å². The molecule has 0 saturated heterocycles. The lowest BCUT2D eigenvalue weighted by Gasteiger charge is -2.25. The molecule has 2 rings (SSSR count). The first-order chi connectivity index (χ1) is 10.2. The second-order valence-electron chi connectivity index (χ2n) is 5.28. The summed E-state index contributed by atoms with van der Waals surface area (Å²) in [6.07, 6.45) is 2.12. The minimum absolute atomic E-state index is 0.227. The van der Waals surface area contributed by atoms with Gasteiger partial charge in [0.15, 0.2) is 0 Å². The number of benzene rings is 1. The molecule has 0 bridgehead atoms. The number of aryl methyl sites for hydroxylation is 1. The Hall–Kier alpha value is -1.39. The summed E-state index contributed by atoms with van der Waals surface area (Å²) in [5, 5.41) is 9.45. The van der Waals surface area contributed by atoms with Crippen molar-refractivity contribution in [3.05, 3.63) is 30.0 Å². The number of fused-ring (bicyclic) bond motifs is 1. The number of hydrogen-bond acceptors (Lipinski definition) is 3. The first kappa shape index (κ1) is 16.0. The second-order valence-corrected chi connectivity index (χ2v) is 5.28. The van der Waals surface area contributed by atoms with Crippen molar-refractivity contribution in [3.8, 4) is 0 Å². The SMILES string of the molecule is CCOC(CC)C(Cc1nn(CC)c2ccccc12)NC. The molecule has 0 aliphatic heterocycles. The van der Waals surface area contributed by atoms with Crippen LogP contribution in [0, 0.1) is 0 Å². The van der Waals surface area contributed by atoms with Crippen LogP contribution in [-0.2, 0) is 17.7 Å². The van der Waals surface area contributed by atoms with Crippen molar-refractivity contribution in [1.82, 2.24) is 15.1 Å². The molecule has 0 radical (unpaired) electrons. The summed E-state index contributed by atoms with van der Waals surface area (Å²) in [6, 6.07) is 8.76. The molecule has 2 aromatic rings. The zero-order chi connectivity index (χ0) is 15.2. The van der Waals surface area contributed by atoms with E-state index in [2.05, 4.69) is 55.0 Å². The lowest BCUT2D eigenvalue weighted by molar-refractivity contribution is 0.0337. The molecular formula is C17H27N3O. The fourth-order valence-corrected chi connectivity index (χ4v) is 2.95. The maximum Gasteiger partial charge on any atom is 0.0729 e. The van der Waals surface area contributed by atoms with Gasteiger partial charge >= 0.3 is 0 Å². The molecule has 0 aliphatic rings. The van der Waals surface area contributed by atoms with Crippen LogP contribution in [-0.4, -0.2) is 35.6 Å². The van der Waals surface area contributed by atoms with Gasteiger partial charge in [-0.05, 0) is 33.4 Å². The van der Waals surface area contributed by atoms with Crippen LogP contribution in [0.4, 0.5) is 0 Å². The molecule has 1 heterocycles. The number of aromatic nitrogens is 2. The summed E-state index contributed by atoms with van der Waals surface area (Å²) < 4.78 is 7.95. The molecule has 0 fully saturated rings. The molecule has 1 N–H and O–H groups in total. The maximum absolute atomic E-state index is 5.86. The summed E-state index contributed by atoms with van der Waals surface area (Å²) in [7, 11) is 2.01. The quantitative estimate of drug-likeness (QED) is 0.812. The number of nitrogens with one attached hydrogen (secondary N) is 1. The average Bonchev–Trinajstić information content (AvgIpc) is 2.88. The van der Waals surface area contributed by atoms with E-state index in [1.807, 2.05) is 7.05 Å². The Bertz CT molecular complexity index is 564. The van der Waals surface area contributed by atoms with E-state index >= 15 is 0 Å². The largest absolute Gasteiger partial charge is 0.377 e. The highest BCUT2D eigenvalue weighted by molar-refractivity contribution is 5.82.